The largest absolute Gasteiger partial charge is 0.212 e. The third kappa shape index (κ3) is 0.318. The van der Waals surface area contributed by atoms with E-state index in [-0.39, 0.29) is 5.83 Å². The van der Waals surface area contributed by atoms with Gasteiger partial charge in [-0.05, 0) is 12.5 Å². The lowest BCUT2D eigenvalue weighted by atomic mass is 10.1. The Kier molecular flexibility index (Phi) is 0.469. The van der Waals surface area contributed by atoms with E-state index in [1.165, 1.54) is 0 Å². The fourth-order valence-electron chi connectivity index (χ4n) is 0.219. The van der Waals surface area contributed by atoms with Gasteiger partial charge in [-0.1, -0.05) is 0 Å². The first kappa shape index (κ1) is 2.88. The van der Waals surface area contributed by atoms with Crippen LogP contribution in [0.3, 0.4) is 0 Å². The monoisotopic (exact) mass is 71.0 g/mol. The standard InChI is InChI=1S/C4H4F/c5-4-2-1-3-4/h1-2H2. The molecule has 0 aromatic carbocycles. The van der Waals surface area contributed by atoms with Gasteiger partial charge in [0.25, 0.3) is 0 Å². The Balaban J connectivity index is 2.51. The second kappa shape index (κ2) is 0.814. The van der Waals surface area contributed by atoms with Crippen LogP contribution in [0.2, 0.25) is 0 Å². The molecule has 1 radical (unpaired) electrons. The minimum absolute atomic E-state index is 0.0648. The maximum Gasteiger partial charge on any atom is 0.104 e. The van der Waals surface area contributed by atoms with Crippen LogP contribution in [-0.4, -0.2) is 0 Å². The van der Waals surface area contributed by atoms with Crippen molar-refractivity contribution in [3.8, 4) is 0 Å². The molecule has 0 saturated heterocycles. The highest BCUT2D eigenvalue weighted by Gasteiger charge is 2.01. The van der Waals surface area contributed by atoms with Crippen molar-refractivity contribution in [2.75, 3.05) is 0 Å². The van der Waals surface area contributed by atoms with Gasteiger partial charge in [-0.2, -0.15) is 0 Å². The van der Waals surface area contributed by atoms with Gasteiger partial charge in [-0.15, -0.1) is 0 Å². The summed E-state index contributed by atoms with van der Waals surface area (Å²) < 4.78 is 11.3. The number of hydrogen-bond acceptors (Lipinski definition) is 0. The molecule has 0 heterocycles. The summed E-state index contributed by atoms with van der Waals surface area (Å²) in [6.45, 7) is 0. The third-order valence-electron chi connectivity index (χ3n) is 0.661. The average molecular weight is 71.1 g/mol. The van der Waals surface area contributed by atoms with Crippen molar-refractivity contribution in [3.63, 3.8) is 0 Å². The van der Waals surface area contributed by atoms with Crippen LogP contribution in [0.15, 0.2) is 5.83 Å². The van der Waals surface area contributed by atoms with E-state index in [9.17, 15) is 4.39 Å². The fourth-order valence-corrected chi connectivity index (χ4v) is 0.219. The van der Waals surface area contributed by atoms with Gasteiger partial charge in [-0.25, -0.2) is 4.39 Å². The summed E-state index contributed by atoms with van der Waals surface area (Å²) in [7, 11) is 0. The molecule has 27 valence electrons. The fraction of sp³-hybridized carbons (Fsp3) is 0.500. The maximum absolute atomic E-state index is 11.3. The highest BCUT2D eigenvalue weighted by molar-refractivity contribution is 4.95. The van der Waals surface area contributed by atoms with Crippen LogP contribution in [-0.2, 0) is 0 Å². The average Bonchev–Trinajstić information content (AvgIpc) is 1.30. The zero-order valence-electron chi connectivity index (χ0n) is 2.79. The van der Waals surface area contributed by atoms with Gasteiger partial charge in [0.05, 0.1) is 0 Å². The summed E-state index contributed by atoms with van der Waals surface area (Å²) in [6, 6.07) is 0. The van der Waals surface area contributed by atoms with Crippen molar-refractivity contribution in [3.05, 3.63) is 11.9 Å². The molecule has 0 amide bonds. The van der Waals surface area contributed by atoms with Crippen LogP contribution in [0.1, 0.15) is 12.8 Å². The third-order valence-corrected chi connectivity index (χ3v) is 0.661. The van der Waals surface area contributed by atoms with Crippen LogP contribution in [0.4, 0.5) is 4.39 Å². The number of allylic oxidation sites excluding steroid dienone is 2. The van der Waals surface area contributed by atoms with Crippen molar-refractivity contribution in [2.45, 2.75) is 12.8 Å². The topological polar surface area (TPSA) is 0 Å². The molecule has 1 heteroatoms. The van der Waals surface area contributed by atoms with E-state index in [4.69, 9.17) is 0 Å². The predicted molar refractivity (Wildman–Crippen MR) is 17.1 cm³/mol. The first-order valence-corrected chi connectivity index (χ1v) is 1.65. The molecule has 0 saturated carbocycles. The number of rotatable bonds is 0. The van der Waals surface area contributed by atoms with Crippen LogP contribution < -0.4 is 0 Å². The Bertz CT molecular complexity index is 64.0. The first-order valence-electron chi connectivity index (χ1n) is 1.65. The van der Waals surface area contributed by atoms with Gasteiger partial charge in [0.1, 0.15) is 5.83 Å². The van der Waals surface area contributed by atoms with Crippen molar-refractivity contribution >= 4 is 0 Å². The minimum Gasteiger partial charge on any atom is -0.212 e. The molecule has 0 fully saturated rings. The molecular formula is C4H4F. The normalized spacial score (nSPS) is 20.6. The zero-order chi connectivity index (χ0) is 3.70. The number of halogens is 1. The summed E-state index contributed by atoms with van der Waals surface area (Å²) in [6.07, 6.45) is 3.91. The second-order valence-electron chi connectivity index (χ2n) is 1.08. The quantitative estimate of drug-likeness (QED) is 0.405. The van der Waals surface area contributed by atoms with Crippen molar-refractivity contribution in [2.24, 2.45) is 0 Å². The molecule has 1 rings (SSSR count). The van der Waals surface area contributed by atoms with Crippen LogP contribution in [0.25, 0.3) is 0 Å². The van der Waals surface area contributed by atoms with Crippen molar-refractivity contribution in [1.82, 2.24) is 0 Å². The van der Waals surface area contributed by atoms with Crippen LogP contribution in [0.5, 0.6) is 0 Å². The van der Waals surface area contributed by atoms with Gasteiger partial charge in [0.15, 0.2) is 0 Å². The molecule has 1 aliphatic rings. The summed E-state index contributed by atoms with van der Waals surface area (Å²) in [5.74, 6) is -0.0648. The van der Waals surface area contributed by atoms with E-state index >= 15 is 0 Å². The molecule has 1 aliphatic carbocycles. The molecule has 5 heavy (non-hydrogen) atoms. The summed E-state index contributed by atoms with van der Waals surface area (Å²) in [5.41, 5.74) is 0. The lowest BCUT2D eigenvalue weighted by Crippen LogP contribution is -1.84. The predicted octanol–water partition coefficient (Wildman–Crippen LogP) is 1.44. The summed E-state index contributed by atoms with van der Waals surface area (Å²) in [4.78, 5) is 0. The lowest BCUT2D eigenvalue weighted by Gasteiger charge is -1.99. The molecule has 0 N–H and O–H groups in total. The van der Waals surface area contributed by atoms with E-state index in [2.05, 4.69) is 6.08 Å². The van der Waals surface area contributed by atoms with E-state index in [0.29, 0.717) is 6.42 Å². The lowest BCUT2D eigenvalue weighted by molar-refractivity contribution is 0.535. The highest BCUT2D eigenvalue weighted by atomic mass is 19.1. The van der Waals surface area contributed by atoms with Gasteiger partial charge >= 0.3 is 0 Å². The zero-order valence-corrected chi connectivity index (χ0v) is 2.79. The highest BCUT2D eigenvalue weighted by Crippen LogP contribution is 2.16. The minimum atomic E-state index is -0.0648. The smallest absolute Gasteiger partial charge is 0.104 e. The molecule has 0 nitrogen and oxygen atoms in total. The molecular weight excluding hydrogens is 67.0 g/mol. The first-order chi connectivity index (χ1) is 2.39. The van der Waals surface area contributed by atoms with Gasteiger partial charge in [0.2, 0.25) is 0 Å². The SMILES string of the molecule is FC1=[C]CC1. The Hall–Kier alpha value is -0.330. The van der Waals surface area contributed by atoms with E-state index < -0.39 is 0 Å². The Labute approximate surface area is 30.3 Å². The Morgan fingerprint density at radius 1 is 1.80 bits per heavy atom. The second-order valence-corrected chi connectivity index (χ2v) is 1.08. The Morgan fingerprint density at radius 3 is 2.20 bits per heavy atom. The van der Waals surface area contributed by atoms with E-state index in [1.54, 1.807) is 0 Å². The number of hydrogen-bond donors (Lipinski definition) is 0. The molecule has 0 aromatic heterocycles. The summed E-state index contributed by atoms with van der Waals surface area (Å²) in [5, 5.41) is 0. The van der Waals surface area contributed by atoms with E-state index in [1.807, 2.05) is 0 Å². The van der Waals surface area contributed by atoms with E-state index in [0.717, 1.165) is 6.42 Å². The Morgan fingerprint density at radius 2 is 2.20 bits per heavy atom. The molecule has 0 atom stereocenters. The maximum atomic E-state index is 11.3. The van der Waals surface area contributed by atoms with Gasteiger partial charge in [-0.3, -0.25) is 0 Å². The van der Waals surface area contributed by atoms with Crippen LogP contribution >= 0.6 is 0 Å². The molecule has 0 spiro atoms. The van der Waals surface area contributed by atoms with Crippen molar-refractivity contribution < 1.29 is 4.39 Å². The molecule has 0 aromatic rings. The van der Waals surface area contributed by atoms with Crippen LogP contribution in [0, 0.1) is 6.08 Å². The molecule has 0 bridgehead atoms. The van der Waals surface area contributed by atoms with Gasteiger partial charge in [0, 0.05) is 6.42 Å². The molecule has 0 unspecified atom stereocenters. The summed E-state index contributed by atoms with van der Waals surface area (Å²) >= 11 is 0. The van der Waals surface area contributed by atoms with Crippen molar-refractivity contribution in [1.29, 1.82) is 0 Å². The molecule has 0 aliphatic heterocycles. The van der Waals surface area contributed by atoms with Gasteiger partial charge < -0.3 is 0 Å².